The van der Waals surface area contributed by atoms with Crippen LogP contribution in [0.15, 0.2) is 72.8 Å². The molecule has 3 aromatic rings. The van der Waals surface area contributed by atoms with Gasteiger partial charge in [0.2, 0.25) is 0 Å². The lowest BCUT2D eigenvalue weighted by Crippen LogP contribution is -2.74. The van der Waals surface area contributed by atoms with Gasteiger partial charge in [-0.1, -0.05) is 42.5 Å². The van der Waals surface area contributed by atoms with Crippen molar-refractivity contribution < 1.29 is 41.0 Å². The number of benzene rings is 3. The lowest BCUT2D eigenvalue weighted by Gasteiger charge is -2.55. The first kappa shape index (κ1) is 33.6. The van der Waals surface area contributed by atoms with Gasteiger partial charge >= 0.3 is 12.4 Å². The number of phenolic OH excluding ortho intramolecular Hbond substituents is 1. The lowest BCUT2D eigenvalue weighted by atomic mass is 9.72. The van der Waals surface area contributed by atoms with E-state index in [1.165, 1.54) is 31.2 Å². The van der Waals surface area contributed by atoms with Crippen molar-refractivity contribution >= 4 is 11.6 Å². The van der Waals surface area contributed by atoms with Gasteiger partial charge in [0.05, 0.1) is 11.1 Å². The van der Waals surface area contributed by atoms with Gasteiger partial charge in [-0.25, -0.2) is 0 Å². The standard InChI is InChI=1S/C33H34F6N4O3/c1-21(44)31(40)20-41-12-14-43(31)27-11-13-42(19-22-5-3-2-4-6-22)30(18-27,24-7-9-28(45)10-8-24)29(46)23-15-25(32(34,35)36)17-26(16-23)33(37,38)39/h2-10,15-17,27,41,45H,11-14,18-20,40H2,1H3. The van der Waals surface area contributed by atoms with Gasteiger partial charge in [0.15, 0.2) is 11.6 Å². The molecule has 7 nitrogen and oxygen atoms in total. The molecule has 4 N–H and O–H groups in total. The first-order valence-electron chi connectivity index (χ1n) is 14.8. The average molecular weight is 649 g/mol. The number of likely N-dealkylation sites (tertiary alicyclic amines) is 1. The third kappa shape index (κ3) is 6.41. The molecule has 2 saturated heterocycles. The van der Waals surface area contributed by atoms with E-state index < -0.39 is 52.1 Å². The number of rotatable bonds is 7. The van der Waals surface area contributed by atoms with Crippen LogP contribution >= 0.6 is 0 Å². The maximum absolute atomic E-state index is 14.9. The topological polar surface area (TPSA) is 98.9 Å². The van der Waals surface area contributed by atoms with E-state index in [9.17, 15) is 41.0 Å². The summed E-state index contributed by atoms with van der Waals surface area (Å²) >= 11 is 0. The summed E-state index contributed by atoms with van der Waals surface area (Å²) in [5.74, 6) is -1.46. The smallest absolute Gasteiger partial charge is 0.416 e. The van der Waals surface area contributed by atoms with Gasteiger partial charge in [-0.2, -0.15) is 26.3 Å². The summed E-state index contributed by atoms with van der Waals surface area (Å²) in [6, 6.07) is 14.8. The van der Waals surface area contributed by atoms with Crippen molar-refractivity contribution in [1.29, 1.82) is 0 Å². The van der Waals surface area contributed by atoms with Gasteiger partial charge in [0.1, 0.15) is 17.0 Å². The zero-order valence-corrected chi connectivity index (χ0v) is 25.0. The van der Waals surface area contributed by atoms with Crippen molar-refractivity contribution in [3.8, 4) is 5.75 Å². The van der Waals surface area contributed by atoms with Crippen LogP contribution in [-0.4, -0.2) is 64.4 Å². The van der Waals surface area contributed by atoms with E-state index in [-0.39, 0.29) is 49.2 Å². The van der Waals surface area contributed by atoms with Gasteiger partial charge < -0.3 is 16.2 Å². The molecule has 2 aliphatic heterocycles. The molecule has 0 aliphatic carbocycles. The molecule has 0 bridgehead atoms. The fourth-order valence-corrected chi connectivity index (χ4v) is 6.70. The summed E-state index contributed by atoms with van der Waals surface area (Å²) in [7, 11) is 0. The molecule has 0 spiro atoms. The number of ketones is 2. The number of nitrogens with zero attached hydrogens (tertiary/aromatic N) is 2. The highest BCUT2D eigenvalue weighted by Crippen LogP contribution is 2.46. The number of phenols is 1. The minimum Gasteiger partial charge on any atom is -0.508 e. The van der Waals surface area contributed by atoms with Crippen LogP contribution in [0.2, 0.25) is 0 Å². The summed E-state index contributed by atoms with van der Waals surface area (Å²) in [5.41, 5.74) is 0.425. The number of alkyl halides is 6. The Bertz CT molecular complexity index is 1550. The van der Waals surface area contributed by atoms with Crippen LogP contribution in [0.25, 0.3) is 0 Å². The van der Waals surface area contributed by atoms with Crippen molar-refractivity contribution in [3.63, 3.8) is 0 Å². The van der Waals surface area contributed by atoms with E-state index in [1.54, 1.807) is 40.1 Å². The molecule has 13 heteroatoms. The molecule has 246 valence electrons. The number of halogens is 6. The molecule has 3 atom stereocenters. The third-order valence-electron chi connectivity index (χ3n) is 9.08. The van der Waals surface area contributed by atoms with Gasteiger partial charge in [0.25, 0.3) is 0 Å². The number of carbonyl (C=O) groups excluding carboxylic acids is 2. The van der Waals surface area contributed by atoms with Crippen molar-refractivity contribution in [1.82, 2.24) is 15.1 Å². The fourth-order valence-electron chi connectivity index (χ4n) is 6.70. The Hall–Kier alpha value is -3.78. The average Bonchev–Trinajstić information content (AvgIpc) is 3.01. The van der Waals surface area contributed by atoms with Crippen molar-refractivity contribution in [2.24, 2.45) is 5.73 Å². The monoisotopic (exact) mass is 648 g/mol. The van der Waals surface area contributed by atoms with Crippen LogP contribution < -0.4 is 11.1 Å². The van der Waals surface area contributed by atoms with Gasteiger partial charge in [-0.05, 0) is 61.2 Å². The second-order valence-corrected chi connectivity index (χ2v) is 11.9. The van der Waals surface area contributed by atoms with Gasteiger partial charge in [0, 0.05) is 44.3 Å². The molecular weight excluding hydrogens is 614 g/mol. The van der Waals surface area contributed by atoms with Crippen molar-refractivity contribution in [2.75, 3.05) is 26.2 Å². The number of Topliss-reactive ketones (excluding diaryl/α,β-unsaturated/α-hetero) is 2. The van der Waals surface area contributed by atoms with E-state index in [1.807, 2.05) is 0 Å². The van der Waals surface area contributed by atoms with E-state index in [4.69, 9.17) is 5.73 Å². The second kappa shape index (κ2) is 12.4. The Balaban J connectivity index is 1.74. The predicted molar refractivity (Wildman–Crippen MR) is 158 cm³/mol. The molecule has 5 rings (SSSR count). The van der Waals surface area contributed by atoms with Gasteiger partial charge in [-0.15, -0.1) is 0 Å². The Morgan fingerprint density at radius 3 is 2.11 bits per heavy atom. The number of piperidine rings is 1. The molecule has 3 aromatic carbocycles. The van der Waals surface area contributed by atoms with E-state index in [0.717, 1.165) is 5.56 Å². The number of hydrogen-bond donors (Lipinski definition) is 3. The molecule has 2 heterocycles. The SMILES string of the molecule is CC(=O)C1(N)CNCCN1C1CCN(Cc2ccccc2)C(C(=O)c2cc(C(F)(F)F)cc(C(F)(F)F)c2)(c2ccc(O)cc2)C1. The Kier molecular flexibility index (Phi) is 9.08. The summed E-state index contributed by atoms with van der Waals surface area (Å²) in [6.07, 6.45) is -10.0. The maximum atomic E-state index is 14.9. The largest absolute Gasteiger partial charge is 0.508 e. The zero-order chi connectivity index (χ0) is 33.5. The van der Waals surface area contributed by atoms with E-state index in [0.29, 0.717) is 31.6 Å². The van der Waals surface area contributed by atoms with Crippen molar-refractivity contribution in [3.05, 3.63) is 101 Å². The Labute approximate surface area is 262 Å². The maximum Gasteiger partial charge on any atom is 0.416 e. The number of carbonyl (C=O) groups is 2. The quantitative estimate of drug-likeness (QED) is 0.236. The van der Waals surface area contributed by atoms with Crippen LogP contribution in [-0.2, 0) is 29.2 Å². The minimum absolute atomic E-state index is 0.00815. The third-order valence-corrected chi connectivity index (χ3v) is 9.08. The van der Waals surface area contributed by atoms with E-state index in [2.05, 4.69) is 5.32 Å². The van der Waals surface area contributed by atoms with Crippen LogP contribution in [0.1, 0.15) is 52.4 Å². The zero-order valence-electron chi connectivity index (χ0n) is 25.0. The minimum atomic E-state index is -5.16. The van der Waals surface area contributed by atoms with E-state index >= 15 is 0 Å². The lowest BCUT2D eigenvalue weighted by molar-refractivity contribution is -0.143. The highest BCUT2D eigenvalue weighted by molar-refractivity contribution is 6.04. The summed E-state index contributed by atoms with van der Waals surface area (Å²) in [4.78, 5) is 31.3. The number of aromatic hydroxyl groups is 1. The molecule has 0 amide bonds. The van der Waals surface area contributed by atoms with Gasteiger partial charge in [-0.3, -0.25) is 19.4 Å². The predicted octanol–water partition coefficient (Wildman–Crippen LogP) is 5.32. The Morgan fingerprint density at radius 1 is 0.935 bits per heavy atom. The highest BCUT2D eigenvalue weighted by Gasteiger charge is 2.54. The molecule has 0 saturated carbocycles. The second-order valence-electron chi connectivity index (χ2n) is 11.9. The van der Waals surface area contributed by atoms with Crippen LogP contribution in [0.3, 0.4) is 0 Å². The molecular formula is C33H34F6N4O3. The number of hydrogen-bond acceptors (Lipinski definition) is 7. The Morgan fingerprint density at radius 2 is 1.54 bits per heavy atom. The van der Waals surface area contributed by atoms with Crippen LogP contribution in [0.5, 0.6) is 5.75 Å². The molecule has 0 aromatic heterocycles. The van der Waals surface area contributed by atoms with Crippen LogP contribution in [0, 0.1) is 0 Å². The van der Waals surface area contributed by atoms with Crippen molar-refractivity contribution in [2.45, 2.75) is 55.9 Å². The molecule has 0 radical (unpaired) electrons. The molecule has 2 aliphatic rings. The number of nitrogens with one attached hydrogen (secondary N) is 1. The first-order valence-corrected chi connectivity index (χ1v) is 14.8. The fraction of sp³-hybridized carbons (Fsp3) is 0.394. The molecule has 2 fully saturated rings. The number of piperazine rings is 1. The normalized spacial score (nSPS) is 24.9. The number of nitrogens with two attached hydrogens (primary N) is 1. The summed E-state index contributed by atoms with van der Waals surface area (Å²) < 4.78 is 83.8. The first-order chi connectivity index (χ1) is 21.6. The summed E-state index contributed by atoms with van der Waals surface area (Å²) in [6.45, 7) is 2.59. The molecule has 3 unspecified atom stereocenters. The highest BCUT2D eigenvalue weighted by atomic mass is 19.4. The summed E-state index contributed by atoms with van der Waals surface area (Å²) in [5, 5.41) is 13.2. The molecule has 46 heavy (non-hydrogen) atoms. The van der Waals surface area contributed by atoms with Crippen LogP contribution in [0.4, 0.5) is 26.3 Å².